The van der Waals surface area contributed by atoms with Gasteiger partial charge in [-0.1, -0.05) is 10.3 Å². The largest absolute Gasteiger partial charge is 0.493 e. The van der Waals surface area contributed by atoms with Gasteiger partial charge in [-0.25, -0.2) is 0 Å². The first kappa shape index (κ1) is 16.7. The van der Waals surface area contributed by atoms with Crippen LogP contribution in [0.3, 0.4) is 0 Å². The first-order chi connectivity index (χ1) is 11.0. The Labute approximate surface area is 131 Å². The molecule has 0 unspecified atom stereocenters. The monoisotopic (exact) mass is 326 g/mol. The smallest absolute Gasteiger partial charge is 0.387 e. The summed E-state index contributed by atoms with van der Waals surface area (Å²) in [5.41, 5.74) is 2.19. The van der Waals surface area contributed by atoms with Crippen molar-refractivity contribution in [2.75, 3.05) is 7.11 Å². The number of ether oxygens (including phenoxy) is 2. The number of aryl methyl sites for hydroxylation is 2. The molecule has 8 heteroatoms. The summed E-state index contributed by atoms with van der Waals surface area (Å²) in [6.45, 7) is 0.906. The molecule has 2 aromatic rings. The first-order valence-corrected chi connectivity index (χ1v) is 6.71. The van der Waals surface area contributed by atoms with Crippen LogP contribution in [-0.4, -0.2) is 25.1 Å². The lowest BCUT2D eigenvalue weighted by Crippen LogP contribution is -2.03. The molecule has 0 amide bonds. The van der Waals surface area contributed by atoms with Crippen molar-refractivity contribution in [2.45, 2.75) is 27.1 Å². The van der Waals surface area contributed by atoms with Crippen molar-refractivity contribution in [1.82, 2.24) is 5.16 Å². The third-order valence-corrected chi connectivity index (χ3v) is 3.07. The summed E-state index contributed by atoms with van der Waals surface area (Å²) in [4.78, 5) is 5.19. The number of hydrogen-bond donors (Lipinski definition) is 0. The van der Waals surface area contributed by atoms with Crippen molar-refractivity contribution in [3.8, 4) is 11.5 Å². The van der Waals surface area contributed by atoms with Gasteiger partial charge in [0.15, 0.2) is 11.5 Å². The molecule has 0 aliphatic rings. The Morgan fingerprint density at radius 2 is 2.09 bits per heavy atom. The first-order valence-electron chi connectivity index (χ1n) is 6.71. The van der Waals surface area contributed by atoms with Crippen LogP contribution in [0.2, 0.25) is 0 Å². The zero-order valence-corrected chi connectivity index (χ0v) is 12.9. The number of aromatic nitrogens is 1. The van der Waals surface area contributed by atoms with Crippen molar-refractivity contribution in [1.29, 1.82) is 0 Å². The molecular weight excluding hydrogens is 310 g/mol. The normalized spacial score (nSPS) is 11.2. The lowest BCUT2D eigenvalue weighted by atomic mass is 10.2. The van der Waals surface area contributed by atoms with Gasteiger partial charge in [0.1, 0.15) is 12.4 Å². The third kappa shape index (κ3) is 4.41. The van der Waals surface area contributed by atoms with E-state index in [4.69, 9.17) is 14.1 Å². The number of benzene rings is 1. The lowest BCUT2D eigenvalue weighted by Gasteiger charge is -2.09. The van der Waals surface area contributed by atoms with Crippen molar-refractivity contribution >= 4 is 6.21 Å². The van der Waals surface area contributed by atoms with Gasteiger partial charge in [-0.2, -0.15) is 8.78 Å². The second-order valence-electron chi connectivity index (χ2n) is 4.60. The van der Waals surface area contributed by atoms with Gasteiger partial charge in [0.2, 0.25) is 0 Å². The van der Waals surface area contributed by atoms with E-state index in [1.165, 1.54) is 25.5 Å². The van der Waals surface area contributed by atoms with E-state index in [1.54, 1.807) is 13.0 Å². The van der Waals surface area contributed by atoms with Crippen molar-refractivity contribution in [2.24, 2.45) is 5.16 Å². The van der Waals surface area contributed by atoms with Crippen molar-refractivity contribution < 1.29 is 27.6 Å². The minimum absolute atomic E-state index is 0.0451. The predicted molar refractivity (Wildman–Crippen MR) is 78.0 cm³/mol. The van der Waals surface area contributed by atoms with Gasteiger partial charge in [0, 0.05) is 5.56 Å². The predicted octanol–water partition coefficient (Wildman–Crippen LogP) is 3.45. The second-order valence-corrected chi connectivity index (χ2v) is 4.60. The molecular formula is C15H16F2N2O4. The summed E-state index contributed by atoms with van der Waals surface area (Å²) >= 11 is 0. The molecule has 124 valence electrons. The Hall–Kier alpha value is -2.64. The maximum absolute atomic E-state index is 12.2. The molecule has 0 saturated heterocycles. The number of alkyl halides is 2. The fraction of sp³-hybridized carbons (Fsp3) is 0.333. The van der Waals surface area contributed by atoms with Crippen LogP contribution < -0.4 is 9.47 Å². The molecule has 0 fully saturated rings. The van der Waals surface area contributed by atoms with Crippen LogP contribution in [0.4, 0.5) is 8.78 Å². The Morgan fingerprint density at radius 3 is 2.70 bits per heavy atom. The maximum atomic E-state index is 12.2. The molecule has 1 heterocycles. The van der Waals surface area contributed by atoms with E-state index in [-0.39, 0.29) is 18.1 Å². The van der Waals surface area contributed by atoms with Gasteiger partial charge < -0.3 is 18.8 Å². The Bertz CT molecular complexity index is 667. The molecule has 1 aromatic heterocycles. The summed E-state index contributed by atoms with van der Waals surface area (Å²) in [6.07, 6.45) is 1.44. The van der Waals surface area contributed by atoms with E-state index in [2.05, 4.69) is 15.0 Å². The van der Waals surface area contributed by atoms with Crippen LogP contribution >= 0.6 is 0 Å². The summed E-state index contributed by atoms with van der Waals surface area (Å²) in [5.74, 6) is 0.809. The van der Waals surface area contributed by atoms with Crippen molar-refractivity contribution in [3.05, 3.63) is 40.8 Å². The molecule has 0 bridgehead atoms. The summed E-state index contributed by atoms with van der Waals surface area (Å²) in [6, 6.07) is 4.45. The number of halogens is 2. The quantitative estimate of drug-likeness (QED) is 0.576. The highest BCUT2D eigenvalue weighted by Crippen LogP contribution is 2.28. The summed E-state index contributed by atoms with van der Waals surface area (Å²) < 4.78 is 38.9. The maximum Gasteiger partial charge on any atom is 0.387 e. The molecule has 0 N–H and O–H groups in total. The number of oxime groups is 1. The molecule has 0 spiro atoms. The Kier molecular flexibility index (Phi) is 5.51. The second kappa shape index (κ2) is 7.57. The number of rotatable bonds is 7. The minimum atomic E-state index is -2.92. The Morgan fingerprint density at radius 1 is 1.30 bits per heavy atom. The van der Waals surface area contributed by atoms with Crippen LogP contribution in [0.5, 0.6) is 11.5 Å². The van der Waals surface area contributed by atoms with Gasteiger partial charge in [-0.3, -0.25) is 0 Å². The van der Waals surface area contributed by atoms with Crippen LogP contribution in [0, 0.1) is 13.8 Å². The molecule has 6 nitrogen and oxygen atoms in total. The number of hydrogen-bond acceptors (Lipinski definition) is 6. The van der Waals surface area contributed by atoms with E-state index in [9.17, 15) is 8.78 Å². The number of nitrogens with zero attached hydrogens (tertiary/aromatic N) is 2. The topological polar surface area (TPSA) is 66.1 Å². The van der Waals surface area contributed by atoms with E-state index in [1.807, 2.05) is 6.92 Å². The van der Waals surface area contributed by atoms with Crippen LogP contribution in [-0.2, 0) is 11.4 Å². The molecule has 0 radical (unpaired) electrons. The highest BCUT2D eigenvalue weighted by molar-refractivity contribution is 5.80. The molecule has 1 aromatic carbocycles. The van der Waals surface area contributed by atoms with Gasteiger partial charge >= 0.3 is 6.61 Å². The molecule has 0 atom stereocenters. The van der Waals surface area contributed by atoms with E-state index in [0.717, 1.165) is 11.3 Å². The van der Waals surface area contributed by atoms with Gasteiger partial charge in [-0.05, 0) is 32.0 Å². The summed E-state index contributed by atoms with van der Waals surface area (Å²) in [5, 5.41) is 7.64. The fourth-order valence-corrected chi connectivity index (χ4v) is 1.87. The zero-order valence-electron chi connectivity index (χ0n) is 12.9. The average molecular weight is 326 g/mol. The average Bonchev–Trinajstić information content (AvgIpc) is 2.83. The standard InChI is InChI=1S/C15H16F2N2O4/c1-9-12(10(2)23-19-9)8-21-18-7-11-4-5-13(22-15(16)17)14(6-11)20-3/h4-7,15H,8H2,1-3H3. The highest BCUT2D eigenvalue weighted by atomic mass is 19.3. The third-order valence-electron chi connectivity index (χ3n) is 3.07. The van der Waals surface area contributed by atoms with Crippen LogP contribution in [0.15, 0.2) is 27.9 Å². The lowest BCUT2D eigenvalue weighted by molar-refractivity contribution is -0.0512. The Balaban J connectivity index is 1.99. The van der Waals surface area contributed by atoms with Crippen LogP contribution in [0.25, 0.3) is 0 Å². The van der Waals surface area contributed by atoms with Crippen molar-refractivity contribution in [3.63, 3.8) is 0 Å². The van der Waals surface area contributed by atoms with E-state index in [0.29, 0.717) is 11.3 Å². The van der Waals surface area contributed by atoms with Crippen LogP contribution in [0.1, 0.15) is 22.6 Å². The summed E-state index contributed by atoms with van der Waals surface area (Å²) in [7, 11) is 1.36. The molecule has 2 rings (SSSR count). The van der Waals surface area contributed by atoms with E-state index < -0.39 is 6.61 Å². The highest BCUT2D eigenvalue weighted by Gasteiger charge is 2.11. The molecule has 23 heavy (non-hydrogen) atoms. The minimum Gasteiger partial charge on any atom is -0.493 e. The SMILES string of the molecule is COc1cc(C=NOCc2c(C)noc2C)ccc1OC(F)F. The van der Waals surface area contributed by atoms with Gasteiger partial charge in [-0.15, -0.1) is 0 Å². The van der Waals surface area contributed by atoms with E-state index >= 15 is 0 Å². The zero-order chi connectivity index (χ0) is 16.8. The molecule has 0 aliphatic carbocycles. The molecule has 0 aliphatic heterocycles. The van der Waals surface area contributed by atoms with Gasteiger partial charge in [0.05, 0.1) is 24.6 Å². The number of methoxy groups -OCH3 is 1. The van der Waals surface area contributed by atoms with Gasteiger partial charge in [0.25, 0.3) is 0 Å². The fourth-order valence-electron chi connectivity index (χ4n) is 1.87. The molecule has 0 saturated carbocycles.